The molecule has 0 spiro atoms. The Labute approximate surface area is 137 Å². The molecule has 4 heteroatoms. The summed E-state index contributed by atoms with van der Waals surface area (Å²) in [5.41, 5.74) is 0. The fraction of sp³-hybridized carbons (Fsp3) is 0.133. The zero-order chi connectivity index (χ0) is 14.1. The summed E-state index contributed by atoms with van der Waals surface area (Å²) in [6.45, 7) is 0. The van der Waals surface area contributed by atoms with Crippen molar-refractivity contribution in [3.63, 3.8) is 0 Å². The normalized spacial score (nSPS) is 9.16. The van der Waals surface area contributed by atoms with E-state index in [9.17, 15) is 0 Å². The van der Waals surface area contributed by atoms with Gasteiger partial charge < -0.3 is 29.7 Å². The first-order chi connectivity index (χ1) is 9.09. The minimum atomic E-state index is -0.335. The van der Waals surface area contributed by atoms with Crippen LogP contribution in [0.15, 0.2) is 60.7 Å². The van der Waals surface area contributed by atoms with E-state index in [-0.39, 0.29) is 21.6 Å². The van der Waals surface area contributed by atoms with E-state index < -0.39 is 0 Å². The van der Waals surface area contributed by atoms with Gasteiger partial charge in [-0.15, -0.1) is 0 Å². The van der Waals surface area contributed by atoms with E-state index in [0.717, 1.165) is 0 Å². The van der Waals surface area contributed by atoms with Crippen molar-refractivity contribution in [1.82, 2.24) is 4.90 Å². The number of thiocarbonyl (C=S) groups is 1. The molecule has 0 amide bonds. The molecule has 19 heavy (non-hydrogen) atoms. The van der Waals surface area contributed by atoms with Crippen molar-refractivity contribution in [2.45, 2.75) is 0 Å². The van der Waals surface area contributed by atoms with E-state index in [1.54, 1.807) is 4.90 Å². The molecule has 1 radical (unpaired) electrons. The summed E-state index contributed by atoms with van der Waals surface area (Å²) in [4.78, 5) is 1.71. The van der Waals surface area contributed by atoms with Crippen LogP contribution in [0.25, 0.3) is 0 Å². The maximum absolute atomic E-state index is 4.56. The van der Waals surface area contributed by atoms with Gasteiger partial charge in [-0.25, -0.2) is 0 Å². The molecule has 0 fully saturated rings. The first kappa shape index (κ1) is 16.4. The molecule has 0 aliphatic heterocycles. The molecule has 2 rings (SSSR count). The molecule has 0 aromatic heterocycles. The zero-order valence-electron chi connectivity index (χ0n) is 11.0. The number of rotatable bonds is 2. The zero-order valence-corrected chi connectivity index (χ0v) is 15.2. The Balaban J connectivity index is 0.000000258. The standard InChI is InChI=1S/2C6H5.C3H7NS2.Sb/c2*1-2-4-6-5-3-1;1-4(2)3(5)6;/h2*1-5H;1-2H3,(H,5,6);/p-1. The van der Waals surface area contributed by atoms with Crippen molar-refractivity contribution >= 4 is 57.8 Å². The Kier molecular flexibility index (Phi) is 8.04. The first-order valence-corrected chi connectivity index (χ1v) is 9.16. The molecule has 0 saturated heterocycles. The average Bonchev–Trinajstić information content (AvgIpc) is 2.41. The molecule has 0 heterocycles. The van der Waals surface area contributed by atoms with Crippen LogP contribution in [-0.4, -0.2) is 44.9 Å². The molecule has 0 bridgehead atoms. The van der Waals surface area contributed by atoms with Crippen molar-refractivity contribution in [2.24, 2.45) is 0 Å². The van der Waals surface area contributed by atoms with Gasteiger partial charge in [-0.2, -0.15) is 0 Å². The second kappa shape index (κ2) is 9.30. The van der Waals surface area contributed by atoms with Gasteiger partial charge in [-0.1, -0.05) is 4.32 Å². The third kappa shape index (κ3) is 7.51. The molecule has 1 nitrogen and oxygen atoms in total. The van der Waals surface area contributed by atoms with Gasteiger partial charge in [-0.3, -0.25) is 0 Å². The van der Waals surface area contributed by atoms with Gasteiger partial charge in [-0.05, 0) is 0 Å². The third-order valence-corrected chi connectivity index (χ3v) is 6.04. The van der Waals surface area contributed by atoms with Crippen LogP contribution in [0.4, 0.5) is 0 Å². The van der Waals surface area contributed by atoms with Crippen molar-refractivity contribution in [3.05, 3.63) is 60.7 Å². The molecular weight excluding hydrogens is 380 g/mol. The van der Waals surface area contributed by atoms with Crippen LogP contribution in [0.3, 0.4) is 0 Å². The summed E-state index contributed by atoms with van der Waals surface area (Å²) in [6.07, 6.45) is 0. The van der Waals surface area contributed by atoms with Crippen LogP contribution in [0.5, 0.6) is 0 Å². The number of benzene rings is 2. The van der Waals surface area contributed by atoms with Crippen molar-refractivity contribution in [2.75, 3.05) is 14.1 Å². The second-order valence-electron chi connectivity index (χ2n) is 3.94. The summed E-state index contributed by atoms with van der Waals surface area (Å²) in [5, 5.41) is 0. The molecule has 0 N–H and O–H groups in total. The monoisotopic (exact) mass is 395 g/mol. The quantitative estimate of drug-likeness (QED) is 0.433. The summed E-state index contributed by atoms with van der Waals surface area (Å²) in [5.74, 6) is 0. The van der Waals surface area contributed by atoms with E-state index in [4.69, 9.17) is 0 Å². The summed E-state index contributed by atoms with van der Waals surface area (Å²) >= 11 is 8.79. The van der Waals surface area contributed by atoms with Gasteiger partial charge in [0.1, 0.15) is 0 Å². The first-order valence-electron chi connectivity index (χ1n) is 5.79. The second-order valence-corrected chi connectivity index (χ2v) is 8.56. The van der Waals surface area contributed by atoms with E-state index >= 15 is 0 Å². The fourth-order valence-corrected chi connectivity index (χ4v) is 3.84. The van der Waals surface area contributed by atoms with Gasteiger partial charge in [0.05, 0.1) is 0 Å². The molecule has 0 aliphatic carbocycles. The van der Waals surface area contributed by atoms with E-state index in [1.807, 2.05) is 14.1 Å². The van der Waals surface area contributed by atoms with Crippen LogP contribution in [0.1, 0.15) is 0 Å². The van der Waals surface area contributed by atoms with E-state index in [1.165, 1.54) is 7.02 Å². The molecule has 0 unspecified atom stereocenters. The molecule has 99 valence electrons. The van der Waals surface area contributed by atoms with Crippen LogP contribution in [0.2, 0.25) is 0 Å². The van der Waals surface area contributed by atoms with Gasteiger partial charge in [0, 0.05) is 14.1 Å². The van der Waals surface area contributed by atoms with E-state index in [2.05, 4.69) is 85.5 Å². The molecule has 2 aromatic carbocycles. The summed E-state index contributed by atoms with van der Waals surface area (Å²) in [7, 11) is 3.66. The Morgan fingerprint density at radius 1 is 0.895 bits per heavy atom. The van der Waals surface area contributed by atoms with Crippen LogP contribution >= 0.6 is 12.2 Å². The van der Waals surface area contributed by atoms with Gasteiger partial charge in [0.25, 0.3) is 0 Å². The van der Waals surface area contributed by atoms with E-state index in [0.29, 0.717) is 4.32 Å². The van der Waals surface area contributed by atoms with Gasteiger partial charge >= 0.3 is 89.3 Å². The van der Waals surface area contributed by atoms with Gasteiger partial charge in [0.2, 0.25) is 0 Å². The van der Waals surface area contributed by atoms with Crippen molar-refractivity contribution in [1.29, 1.82) is 0 Å². The molecule has 0 aliphatic rings. The molecular formula is C15H16NS2Sb-. The number of nitrogens with zero attached hydrogens (tertiary/aromatic N) is 1. The number of hydrogen-bond acceptors (Lipinski definition) is 2. The van der Waals surface area contributed by atoms with Gasteiger partial charge in [0.15, 0.2) is 0 Å². The minimum absolute atomic E-state index is 0.335. The topological polar surface area (TPSA) is 3.24 Å². The predicted octanol–water partition coefficient (Wildman–Crippen LogP) is 1.72. The number of hydrogen-bond donors (Lipinski definition) is 0. The van der Waals surface area contributed by atoms with Crippen LogP contribution in [0, 0.1) is 0 Å². The Morgan fingerprint density at radius 3 is 1.47 bits per heavy atom. The molecule has 0 atom stereocenters. The third-order valence-electron chi connectivity index (χ3n) is 2.14. The Bertz CT molecular complexity index is 449. The summed E-state index contributed by atoms with van der Waals surface area (Å²) in [6, 6.07) is 21.5. The molecule has 2 aromatic rings. The van der Waals surface area contributed by atoms with Crippen molar-refractivity contribution < 1.29 is 0 Å². The molecule has 0 saturated carbocycles. The summed E-state index contributed by atoms with van der Waals surface area (Å²) < 4.78 is 3.55. The Morgan fingerprint density at radius 2 is 1.21 bits per heavy atom. The SMILES string of the molecule is CN(C)C(=S)[S-].c1cc[c]([Sb][c]2ccccc2)cc1. The predicted molar refractivity (Wildman–Crippen MR) is 91.6 cm³/mol. The van der Waals surface area contributed by atoms with Crippen LogP contribution < -0.4 is 7.02 Å². The average molecular weight is 396 g/mol. The van der Waals surface area contributed by atoms with Crippen LogP contribution in [-0.2, 0) is 12.6 Å². The Hall–Kier alpha value is -0.632. The fourth-order valence-electron chi connectivity index (χ4n) is 1.15. The maximum atomic E-state index is 4.56. The van der Waals surface area contributed by atoms with Crippen molar-refractivity contribution in [3.8, 4) is 0 Å².